The van der Waals surface area contributed by atoms with Crippen LogP contribution in [0.1, 0.15) is 46.8 Å². The summed E-state index contributed by atoms with van der Waals surface area (Å²) < 4.78 is 0. The highest BCUT2D eigenvalue weighted by Crippen LogP contribution is 2.29. The second-order valence-electron chi connectivity index (χ2n) is 8.65. The third kappa shape index (κ3) is 6.53. The lowest BCUT2D eigenvalue weighted by atomic mass is 9.96. The third-order valence-electron chi connectivity index (χ3n) is 5.87. The molecule has 2 amide bonds. The molecule has 176 valence electrons. The van der Waals surface area contributed by atoms with Crippen molar-refractivity contribution < 1.29 is 14.7 Å². The Bertz CT molecular complexity index is 1040. The predicted molar refractivity (Wildman–Crippen MR) is 134 cm³/mol. The minimum atomic E-state index is -0.172. The van der Waals surface area contributed by atoms with E-state index < -0.39 is 0 Å². The summed E-state index contributed by atoms with van der Waals surface area (Å²) in [6, 6.07) is 27.3. The molecule has 0 saturated heterocycles. The van der Waals surface area contributed by atoms with E-state index in [-0.39, 0.29) is 37.0 Å². The number of carbonyl (C=O) groups excluding carboxylic acids is 2. The Morgan fingerprint density at radius 1 is 0.912 bits per heavy atom. The van der Waals surface area contributed by atoms with E-state index in [4.69, 9.17) is 0 Å². The maximum absolute atomic E-state index is 13.1. The first-order chi connectivity index (χ1) is 16.6. The van der Waals surface area contributed by atoms with E-state index in [1.165, 1.54) is 0 Å². The molecule has 1 fully saturated rings. The molecule has 3 aromatic rings. The number of aliphatic hydroxyl groups excluding tert-OH is 1. The van der Waals surface area contributed by atoms with Crippen molar-refractivity contribution in [3.8, 4) is 0 Å². The lowest BCUT2D eigenvalue weighted by Crippen LogP contribution is -2.38. The minimum Gasteiger partial charge on any atom is -0.396 e. The normalized spacial score (nSPS) is 13.1. The molecule has 0 heterocycles. The highest BCUT2D eigenvalue weighted by atomic mass is 16.3. The monoisotopic (exact) mass is 457 g/mol. The molecule has 0 aliphatic heterocycles. The highest BCUT2D eigenvalue weighted by molar-refractivity contribution is 5.97. The molecule has 6 nitrogen and oxygen atoms in total. The molecular weight excluding hydrogens is 426 g/mol. The molecule has 0 unspecified atom stereocenters. The van der Waals surface area contributed by atoms with Crippen LogP contribution in [0.4, 0.5) is 5.69 Å². The van der Waals surface area contributed by atoms with Gasteiger partial charge in [-0.3, -0.25) is 14.5 Å². The second kappa shape index (κ2) is 11.6. The van der Waals surface area contributed by atoms with Gasteiger partial charge in [0.1, 0.15) is 0 Å². The van der Waals surface area contributed by atoms with Crippen LogP contribution in [-0.4, -0.2) is 47.6 Å². The van der Waals surface area contributed by atoms with Crippen LogP contribution in [0.2, 0.25) is 0 Å². The molecule has 3 aromatic carbocycles. The summed E-state index contributed by atoms with van der Waals surface area (Å²) in [5.74, 6) is -0.286. The van der Waals surface area contributed by atoms with Crippen molar-refractivity contribution in [2.45, 2.75) is 31.3 Å². The zero-order chi connectivity index (χ0) is 23.8. The SMILES string of the molecule is O=C(CN(CCCO)C(c1ccccc1)c1ccccc1)Nc1cccc(C(=O)NC2CC2)c1. The number of hydrogen-bond donors (Lipinski definition) is 3. The molecule has 0 aromatic heterocycles. The maximum atomic E-state index is 13.1. The van der Waals surface area contributed by atoms with E-state index in [9.17, 15) is 14.7 Å². The molecule has 1 saturated carbocycles. The average Bonchev–Trinajstić information content (AvgIpc) is 3.68. The summed E-state index contributed by atoms with van der Waals surface area (Å²) >= 11 is 0. The van der Waals surface area contributed by atoms with E-state index in [1.807, 2.05) is 36.4 Å². The second-order valence-corrected chi connectivity index (χ2v) is 8.65. The third-order valence-corrected chi connectivity index (χ3v) is 5.87. The standard InChI is InChI=1S/C28H31N3O3/c32-18-8-17-31(27(21-9-3-1-4-10-21)22-11-5-2-6-12-22)20-26(33)29-25-14-7-13-23(19-25)28(34)30-24-15-16-24/h1-7,9-14,19,24,27,32H,8,15-18,20H2,(H,29,33)(H,30,34). The quantitative estimate of drug-likeness (QED) is 0.407. The van der Waals surface area contributed by atoms with Gasteiger partial charge in [-0.05, 0) is 48.6 Å². The fourth-order valence-electron chi connectivity index (χ4n) is 4.08. The number of benzene rings is 3. The van der Waals surface area contributed by atoms with Crippen LogP contribution in [0.25, 0.3) is 0 Å². The minimum absolute atomic E-state index is 0.0482. The van der Waals surface area contributed by atoms with E-state index >= 15 is 0 Å². The van der Waals surface area contributed by atoms with E-state index in [0.717, 1.165) is 24.0 Å². The molecule has 34 heavy (non-hydrogen) atoms. The molecule has 1 aliphatic carbocycles. The number of nitrogens with one attached hydrogen (secondary N) is 2. The molecule has 6 heteroatoms. The van der Waals surface area contributed by atoms with Crippen molar-refractivity contribution >= 4 is 17.5 Å². The number of anilines is 1. The Labute approximate surface area is 200 Å². The lowest BCUT2D eigenvalue weighted by molar-refractivity contribution is -0.117. The molecule has 0 atom stereocenters. The van der Waals surface area contributed by atoms with E-state index in [0.29, 0.717) is 24.2 Å². The van der Waals surface area contributed by atoms with Crippen LogP contribution in [0.15, 0.2) is 84.9 Å². The lowest BCUT2D eigenvalue weighted by Gasteiger charge is -2.32. The fraction of sp³-hybridized carbons (Fsp3) is 0.286. The number of carbonyl (C=O) groups is 2. The molecule has 0 bridgehead atoms. The van der Waals surface area contributed by atoms with Crippen molar-refractivity contribution in [1.82, 2.24) is 10.2 Å². The Kier molecular flexibility index (Phi) is 8.07. The van der Waals surface area contributed by atoms with Crippen molar-refractivity contribution in [1.29, 1.82) is 0 Å². The predicted octanol–water partition coefficient (Wildman–Crippen LogP) is 3.99. The van der Waals surface area contributed by atoms with Crippen LogP contribution >= 0.6 is 0 Å². The van der Waals surface area contributed by atoms with Crippen molar-refractivity contribution in [3.05, 3.63) is 102 Å². The van der Waals surface area contributed by atoms with Gasteiger partial charge < -0.3 is 15.7 Å². The molecule has 3 N–H and O–H groups in total. The molecule has 4 rings (SSSR count). The largest absolute Gasteiger partial charge is 0.396 e. The molecular formula is C28H31N3O3. The summed E-state index contributed by atoms with van der Waals surface area (Å²) in [4.78, 5) is 27.6. The summed E-state index contributed by atoms with van der Waals surface area (Å²) in [5, 5.41) is 15.4. The Morgan fingerprint density at radius 3 is 2.15 bits per heavy atom. The number of amides is 2. The first-order valence-electron chi connectivity index (χ1n) is 11.8. The fourth-order valence-corrected chi connectivity index (χ4v) is 4.08. The van der Waals surface area contributed by atoms with Crippen LogP contribution in [0.3, 0.4) is 0 Å². The van der Waals surface area contributed by atoms with Crippen LogP contribution < -0.4 is 10.6 Å². The zero-order valence-corrected chi connectivity index (χ0v) is 19.2. The Balaban J connectivity index is 1.52. The van der Waals surface area contributed by atoms with Gasteiger partial charge in [0.15, 0.2) is 0 Å². The van der Waals surface area contributed by atoms with E-state index in [2.05, 4.69) is 39.8 Å². The Hall–Kier alpha value is -3.48. The number of hydrogen-bond acceptors (Lipinski definition) is 4. The Morgan fingerprint density at radius 2 is 1.56 bits per heavy atom. The van der Waals surface area contributed by atoms with Crippen molar-refractivity contribution in [2.24, 2.45) is 0 Å². The first kappa shape index (κ1) is 23.7. The number of rotatable bonds is 11. The smallest absolute Gasteiger partial charge is 0.251 e. The summed E-state index contributed by atoms with van der Waals surface area (Å²) in [7, 11) is 0. The van der Waals surface area contributed by atoms with Gasteiger partial charge in [0.25, 0.3) is 5.91 Å². The maximum Gasteiger partial charge on any atom is 0.251 e. The van der Waals surface area contributed by atoms with Gasteiger partial charge in [0, 0.05) is 30.4 Å². The van der Waals surface area contributed by atoms with Gasteiger partial charge in [0.2, 0.25) is 5.91 Å². The summed E-state index contributed by atoms with van der Waals surface area (Å²) in [5.41, 5.74) is 3.29. The topological polar surface area (TPSA) is 81.7 Å². The number of nitrogens with zero attached hydrogens (tertiary/aromatic N) is 1. The van der Waals surface area contributed by atoms with Gasteiger partial charge >= 0.3 is 0 Å². The summed E-state index contributed by atoms with van der Waals surface area (Å²) in [6.45, 7) is 0.752. The zero-order valence-electron chi connectivity index (χ0n) is 19.2. The van der Waals surface area contributed by atoms with Crippen LogP contribution in [0, 0.1) is 0 Å². The first-order valence-corrected chi connectivity index (χ1v) is 11.8. The molecule has 0 spiro atoms. The average molecular weight is 458 g/mol. The van der Waals surface area contributed by atoms with Crippen LogP contribution in [-0.2, 0) is 4.79 Å². The molecule has 1 aliphatic rings. The van der Waals surface area contributed by atoms with Gasteiger partial charge in [-0.25, -0.2) is 0 Å². The van der Waals surface area contributed by atoms with Gasteiger partial charge in [0.05, 0.1) is 12.6 Å². The molecule has 0 radical (unpaired) electrons. The van der Waals surface area contributed by atoms with Gasteiger partial charge in [-0.15, -0.1) is 0 Å². The summed E-state index contributed by atoms with van der Waals surface area (Å²) in [6.07, 6.45) is 2.60. The van der Waals surface area contributed by atoms with E-state index in [1.54, 1.807) is 24.3 Å². The van der Waals surface area contributed by atoms with Crippen molar-refractivity contribution in [2.75, 3.05) is 25.0 Å². The highest BCUT2D eigenvalue weighted by Gasteiger charge is 2.25. The van der Waals surface area contributed by atoms with Crippen LogP contribution in [0.5, 0.6) is 0 Å². The van der Waals surface area contributed by atoms with Crippen molar-refractivity contribution in [3.63, 3.8) is 0 Å². The van der Waals surface area contributed by atoms with Gasteiger partial charge in [-0.1, -0.05) is 66.7 Å². The van der Waals surface area contributed by atoms with Gasteiger partial charge in [-0.2, -0.15) is 0 Å². The number of aliphatic hydroxyl groups is 1.